The number of ether oxygens (including phenoxy) is 3. The Morgan fingerprint density at radius 2 is 1.83 bits per heavy atom. The van der Waals surface area contributed by atoms with Crippen LogP contribution < -0.4 is 0 Å². The number of alkyl halides is 1. The zero-order valence-corrected chi connectivity index (χ0v) is 27.4. The van der Waals surface area contributed by atoms with Gasteiger partial charge in [0, 0.05) is 31.8 Å². The molecule has 2 aliphatic rings. The first-order valence-electron chi connectivity index (χ1n) is 15.7. The number of esters is 1. The van der Waals surface area contributed by atoms with Crippen molar-refractivity contribution in [3.05, 3.63) is 60.2 Å². The van der Waals surface area contributed by atoms with Crippen LogP contribution in [0, 0.1) is 17.8 Å². The Bertz CT molecular complexity index is 1220. The number of hydrogen-bond acceptors (Lipinski definition) is 9. The maximum atomic E-state index is 13.8. The van der Waals surface area contributed by atoms with Crippen molar-refractivity contribution >= 4 is 24.5 Å². The molecular weight excluding hydrogens is 599 g/mol. The third-order valence-electron chi connectivity index (χ3n) is 8.83. The third-order valence-corrected chi connectivity index (χ3v) is 8.83. The molecule has 11 heteroatoms. The van der Waals surface area contributed by atoms with Gasteiger partial charge in [-0.2, -0.15) is 0 Å². The van der Waals surface area contributed by atoms with Crippen LogP contribution in [0.2, 0.25) is 0 Å². The van der Waals surface area contributed by atoms with Gasteiger partial charge in [-0.15, -0.1) is 0 Å². The summed E-state index contributed by atoms with van der Waals surface area (Å²) in [5, 5.41) is 29.8. The molecule has 2 aliphatic heterocycles. The van der Waals surface area contributed by atoms with E-state index in [0.717, 1.165) is 18.4 Å². The highest BCUT2D eigenvalue weighted by molar-refractivity contribution is 5.80. The summed E-state index contributed by atoms with van der Waals surface area (Å²) in [4.78, 5) is 45.4. The number of aliphatic carboxylic acids is 1. The van der Waals surface area contributed by atoms with Crippen molar-refractivity contribution in [2.45, 2.75) is 108 Å². The number of rotatable bonds is 16. The van der Waals surface area contributed by atoms with Crippen molar-refractivity contribution in [2.75, 3.05) is 6.67 Å². The Morgan fingerprint density at radius 1 is 1.17 bits per heavy atom. The molecule has 0 amide bonds. The summed E-state index contributed by atoms with van der Waals surface area (Å²) in [7, 11) is 0. The molecule has 0 aromatic heterocycles. The van der Waals surface area contributed by atoms with E-state index in [1.807, 2.05) is 44.2 Å². The van der Waals surface area contributed by atoms with Gasteiger partial charge in [-0.3, -0.25) is 14.4 Å². The first kappa shape index (κ1) is 38.9. The number of aldehydes is 2. The molecule has 0 aliphatic carbocycles. The van der Waals surface area contributed by atoms with Crippen LogP contribution in [0.25, 0.3) is 0 Å². The molecule has 1 aromatic rings. The minimum absolute atomic E-state index is 0.0224. The first-order chi connectivity index (χ1) is 21.6. The normalized spacial score (nSPS) is 29.5. The maximum absolute atomic E-state index is 13.8. The Hall–Kier alpha value is -3.25. The predicted octanol–water partition coefficient (Wildman–Crippen LogP) is 4.55. The standard InChI is InChI=1S/C25H31FO8.C10H18O2/c1-16(22(32-18(3)29)17(2)11-19-7-5-4-6-8-19)9-10-25-20(30)12-23(14-27,34-25)24(31,15-28)21(13-26)33-25;1-4-8(2)7-9(3)5-6-10(11)12/h4-8,14-15,17,20-22,30-31H,1,9-13H2,2-3H3;5-6,8-9H,4,7H2,1-3H3,(H,11,12)/b;6-5+/t17?,20-,21?,22?,23?,24?,25?;8-,9+/m10/s1. The average Bonchev–Trinajstić information content (AvgIpc) is 3.29. The molecule has 2 saturated heterocycles. The lowest BCUT2D eigenvalue weighted by molar-refractivity contribution is -0.369. The minimum Gasteiger partial charge on any atom is -0.478 e. The summed E-state index contributed by atoms with van der Waals surface area (Å²) in [6.07, 6.45) is 1.94. The van der Waals surface area contributed by atoms with Crippen LogP contribution in [0.3, 0.4) is 0 Å². The van der Waals surface area contributed by atoms with Gasteiger partial charge < -0.3 is 29.5 Å². The summed E-state index contributed by atoms with van der Waals surface area (Å²) in [6.45, 7) is 12.4. The van der Waals surface area contributed by atoms with Gasteiger partial charge in [0.15, 0.2) is 29.6 Å². The Balaban J connectivity index is 0.000000521. The molecule has 46 heavy (non-hydrogen) atoms. The molecule has 2 fully saturated rings. The van der Waals surface area contributed by atoms with Gasteiger partial charge in [0.25, 0.3) is 0 Å². The zero-order chi connectivity index (χ0) is 34.7. The summed E-state index contributed by atoms with van der Waals surface area (Å²) >= 11 is 0. The monoisotopic (exact) mass is 648 g/mol. The third kappa shape index (κ3) is 9.40. The van der Waals surface area contributed by atoms with E-state index in [-0.39, 0.29) is 31.3 Å². The number of carbonyl (C=O) groups excluding carboxylic acids is 3. The van der Waals surface area contributed by atoms with Crippen molar-refractivity contribution in [2.24, 2.45) is 17.8 Å². The Labute approximate surface area is 270 Å². The summed E-state index contributed by atoms with van der Waals surface area (Å²) < 4.78 is 30.6. The van der Waals surface area contributed by atoms with Crippen LogP contribution in [0.1, 0.15) is 72.3 Å². The number of carbonyl (C=O) groups is 4. The van der Waals surface area contributed by atoms with Crippen LogP contribution in [0.15, 0.2) is 54.6 Å². The number of fused-ring (bicyclic) bond motifs is 2. The molecule has 256 valence electrons. The number of carboxylic acid groups (broad SMARTS) is 1. The fraction of sp³-hybridized carbons (Fsp3) is 0.600. The van der Waals surface area contributed by atoms with E-state index >= 15 is 0 Å². The number of aliphatic hydroxyl groups is 2. The van der Waals surface area contributed by atoms with Crippen molar-refractivity contribution in [3.63, 3.8) is 0 Å². The second-order valence-corrected chi connectivity index (χ2v) is 12.6. The molecule has 2 bridgehead atoms. The Kier molecular flexibility index (Phi) is 14.4. The van der Waals surface area contributed by atoms with Gasteiger partial charge in [-0.05, 0) is 42.2 Å². The van der Waals surface area contributed by atoms with Crippen LogP contribution in [0.5, 0.6) is 0 Å². The maximum Gasteiger partial charge on any atom is 0.327 e. The smallest absolute Gasteiger partial charge is 0.327 e. The van der Waals surface area contributed by atoms with Gasteiger partial charge in [-0.1, -0.05) is 77.1 Å². The van der Waals surface area contributed by atoms with E-state index in [1.54, 1.807) is 6.08 Å². The molecule has 9 atom stereocenters. The number of aliphatic hydroxyl groups excluding tert-OH is 1. The molecule has 6 unspecified atom stereocenters. The zero-order valence-electron chi connectivity index (χ0n) is 27.4. The SMILES string of the molecule is C=C(CCC12OC(CF)C(O)(C=O)C(C=O)(C[C@H]1O)O2)C(OC(C)=O)C(C)Cc1ccccc1.CC[C@H](C)C[C@H](C)/C=C/C(=O)O. The number of benzene rings is 1. The lowest BCUT2D eigenvalue weighted by Gasteiger charge is -2.49. The molecule has 3 rings (SSSR count). The van der Waals surface area contributed by atoms with Crippen molar-refractivity contribution in [1.29, 1.82) is 0 Å². The highest BCUT2D eigenvalue weighted by Crippen LogP contribution is 2.53. The van der Waals surface area contributed by atoms with Gasteiger partial charge >= 0.3 is 11.9 Å². The van der Waals surface area contributed by atoms with Gasteiger partial charge in [0.1, 0.15) is 25.0 Å². The van der Waals surface area contributed by atoms with Crippen molar-refractivity contribution in [3.8, 4) is 0 Å². The second-order valence-electron chi connectivity index (χ2n) is 12.6. The molecule has 0 radical (unpaired) electrons. The van der Waals surface area contributed by atoms with E-state index in [9.17, 15) is 33.8 Å². The number of hydrogen-bond donors (Lipinski definition) is 3. The molecule has 10 nitrogen and oxygen atoms in total. The van der Waals surface area contributed by atoms with Gasteiger partial charge in [0.2, 0.25) is 0 Å². The largest absolute Gasteiger partial charge is 0.478 e. The lowest BCUT2D eigenvalue weighted by Crippen LogP contribution is -2.70. The van der Waals surface area contributed by atoms with Crippen molar-refractivity contribution in [1.82, 2.24) is 0 Å². The van der Waals surface area contributed by atoms with Crippen LogP contribution >= 0.6 is 0 Å². The van der Waals surface area contributed by atoms with Crippen molar-refractivity contribution < 1.29 is 53.1 Å². The number of allylic oxidation sites excluding steroid dienone is 1. The first-order valence-corrected chi connectivity index (χ1v) is 15.7. The molecule has 3 N–H and O–H groups in total. The Morgan fingerprint density at radius 3 is 2.35 bits per heavy atom. The molecular formula is C35H49FO10. The highest BCUT2D eigenvalue weighted by atomic mass is 19.1. The highest BCUT2D eigenvalue weighted by Gasteiger charge is 2.73. The minimum atomic E-state index is -2.58. The number of carboxylic acids is 1. The molecule has 1 aromatic carbocycles. The predicted molar refractivity (Wildman–Crippen MR) is 168 cm³/mol. The van der Waals surface area contributed by atoms with E-state index in [1.165, 1.54) is 13.0 Å². The number of halogens is 1. The summed E-state index contributed by atoms with van der Waals surface area (Å²) in [5.41, 5.74) is -3.14. The van der Waals surface area contributed by atoms with E-state index in [4.69, 9.17) is 19.3 Å². The second kappa shape index (κ2) is 17.1. The molecule has 0 spiro atoms. The van der Waals surface area contributed by atoms with E-state index in [0.29, 0.717) is 23.8 Å². The fourth-order valence-electron chi connectivity index (χ4n) is 6.06. The van der Waals surface area contributed by atoms with Crippen LogP contribution in [-0.4, -0.2) is 81.8 Å². The van der Waals surface area contributed by atoms with Crippen LogP contribution in [0.4, 0.5) is 4.39 Å². The summed E-state index contributed by atoms with van der Waals surface area (Å²) in [6, 6.07) is 9.66. The quantitative estimate of drug-likeness (QED) is 0.101. The molecule has 0 saturated carbocycles. The van der Waals surface area contributed by atoms with Gasteiger partial charge in [-0.25, -0.2) is 9.18 Å². The van der Waals surface area contributed by atoms with Crippen LogP contribution in [-0.2, 0) is 39.8 Å². The van der Waals surface area contributed by atoms with E-state index < -0.39 is 60.3 Å². The topological polar surface area (TPSA) is 157 Å². The average molecular weight is 649 g/mol. The summed E-state index contributed by atoms with van der Waals surface area (Å²) in [5.74, 6) is -2.26. The lowest BCUT2D eigenvalue weighted by atomic mass is 9.78. The van der Waals surface area contributed by atoms with E-state index in [2.05, 4.69) is 20.4 Å². The molecule has 2 heterocycles. The van der Waals surface area contributed by atoms with Gasteiger partial charge in [0.05, 0.1) is 0 Å². The fourth-order valence-corrected chi connectivity index (χ4v) is 6.06.